The molecule has 0 amide bonds. The van der Waals surface area contributed by atoms with Crippen LogP contribution in [0.15, 0.2) is 0 Å². The first-order valence-electron chi connectivity index (χ1n) is 6.07. The molecular formula is C12H22N+. The molecule has 0 aromatic heterocycles. The summed E-state index contributed by atoms with van der Waals surface area (Å²) in [7, 11) is 0. The lowest BCUT2D eigenvalue weighted by Crippen LogP contribution is -2.82. The Balaban J connectivity index is 1.93. The molecule has 0 saturated heterocycles. The SMILES string of the molecule is CCC1([NH3+])C2CC3CC(C2)CC1C3. The van der Waals surface area contributed by atoms with E-state index in [2.05, 4.69) is 12.7 Å². The molecule has 4 fully saturated rings. The van der Waals surface area contributed by atoms with Crippen LogP contribution in [-0.4, -0.2) is 5.54 Å². The fourth-order valence-electron chi connectivity index (χ4n) is 4.70. The second kappa shape index (κ2) is 2.50. The minimum atomic E-state index is 0.493. The van der Waals surface area contributed by atoms with Gasteiger partial charge < -0.3 is 5.73 Å². The zero-order valence-corrected chi connectivity index (χ0v) is 8.76. The largest absolute Gasteiger partial charge is 0.352 e. The van der Waals surface area contributed by atoms with Gasteiger partial charge in [0.25, 0.3) is 0 Å². The fourth-order valence-corrected chi connectivity index (χ4v) is 4.70. The Morgan fingerprint density at radius 1 is 1.00 bits per heavy atom. The van der Waals surface area contributed by atoms with Gasteiger partial charge in [0.05, 0.1) is 5.54 Å². The maximum Gasteiger partial charge on any atom is 0.1000 e. The van der Waals surface area contributed by atoms with Crippen molar-refractivity contribution in [2.75, 3.05) is 0 Å². The normalized spacial score (nSPS) is 58.6. The highest BCUT2D eigenvalue weighted by Crippen LogP contribution is 2.57. The average molecular weight is 180 g/mol. The van der Waals surface area contributed by atoms with Crippen LogP contribution in [-0.2, 0) is 0 Å². The van der Waals surface area contributed by atoms with Gasteiger partial charge in [0.1, 0.15) is 0 Å². The van der Waals surface area contributed by atoms with E-state index in [9.17, 15) is 0 Å². The van der Waals surface area contributed by atoms with Crippen molar-refractivity contribution in [3.8, 4) is 0 Å². The Hall–Kier alpha value is -0.0400. The van der Waals surface area contributed by atoms with Crippen molar-refractivity contribution in [2.24, 2.45) is 23.7 Å². The number of hydrogen-bond donors (Lipinski definition) is 1. The van der Waals surface area contributed by atoms with Gasteiger partial charge in [-0.05, 0) is 50.4 Å². The second-order valence-electron chi connectivity index (χ2n) is 5.89. The van der Waals surface area contributed by atoms with Gasteiger partial charge in [0.15, 0.2) is 0 Å². The molecule has 74 valence electrons. The van der Waals surface area contributed by atoms with Gasteiger partial charge in [-0.15, -0.1) is 0 Å². The zero-order chi connectivity index (χ0) is 9.05. The van der Waals surface area contributed by atoms with Crippen LogP contribution in [0, 0.1) is 23.7 Å². The maximum atomic E-state index is 4.59. The highest BCUT2D eigenvalue weighted by Gasteiger charge is 2.56. The Morgan fingerprint density at radius 3 is 1.85 bits per heavy atom. The third-order valence-electron chi connectivity index (χ3n) is 5.42. The summed E-state index contributed by atoms with van der Waals surface area (Å²) in [6.45, 7) is 2.36. The van der Waals surface area contributed by atoms with Crippen LogP contribution in [0.1, 0.15) is 45.4 Å². The first-order chi connectivity index (χ1) is 6.22. The summed E-state index contributed by atoms with van der Waals surface area (Å²) in [4.78, 5) is 0. The molecule has 0 radical (unpaired) electrons. The average Bonchev–Trinajstić information content (AvgIpc) is 2.13. The minimum absolute atomic E-state index is 0.493. The van der Waals surface area contributed by atoms with Crippen molar-refractivity contribution in [1.29, 1.82) is 0 Å². The molecule has 0 heterocycles. The van der Waals surface area contributed by atoms with E-state index in [1.165, 1.54) is 32.1 Å². The summed E-state index contributed by atoms with van der Waals surface area (Å²) < 4.78 is 0. The van der Waals surface area contributed by atoms with E-state index in [0.29, 0.717) is 5.54 Å². The monoisotopic (exact) mass is 180 g/mol. The predicted octanol–water partition coefficient (Wildman–Crippen LogP) is 1.83. The van der Waals surface area contributed by atoms with Gasteiger partial charge in [-0.1, -0.05) is 6.92 Å². The first kappa shape index (κ1) is 8.28. The summed E-state index contributed by atoms with van der Waals surface area (Å²) in [5, 5.41) is 0. The van der Waals surface area contributed by atoms with E-state index in [1.807, 2.05) is 0 Å². The van der Waals surface area contributed by atoms with Gasteiger partial charge in [-0.3, -0.25) is 0 Å². The maximum absolute atomic E-state index is 4.59. The zero-order valence-electron chi connectivity index (χ0n) is 8.76. The third kappa shape index (κ3) is 0.971. The number of rotatable bonds is 1. The van der Waals surface area contributed by atoms with Gasteiger partial charge in [-0.25, -0.2) is 0 Å². The molecule has 1 heteroatoms. The van der Waals surface area contributed by atoms with E-state index in [-0.39, 0.29) is 0 Å². The Morgan fingerprint density at radius 2 is 1.46 bits per heavy atom. The highest BCUT2D eigenvalue weighted by atomic mass is 14.8. The van der Waals surface area contributed by atoms with Gasteiger partial charge in [-0.2, -0.15) is 0 Å². The molecule has 4 saturated carbocycles. The molecule has 3 N–H and O–H groups in total. The van der Waals surface area contributed by atoms with Gasteiger partial charge in [0.2, 0.25) is 0 Å². The van der Waals surface area contributed by atoms with Gasteiger partial charge >= 0.3 is 0 Å². The topological polar surface area (TPSA) is 27.6 Å². The van der Waals surface area contributed by atoms with Crippen LogP contribution >= 0.6 is 0 Å². The van der Waals surface area contributed by atoms with Gasteiger partial charge in [0, 0.05) is 11.8 Å². The standard InChI is InChI=1S/C12H21N/c1-2-12(13)10-4-8-3-9(6-10)7-11(12)5-8/h8-11H,2-7,13H2,1H3/p+1. The molecular weight excluding hydrogens is 158 g/mol. The third-order valence-corrected chi connectivity index (χ3v) is 5.42. The van der Waals surface area contributed by atoms with E-state index in [0.717, 1.165) is 23.7 Å². The number of hydrogen-bond acceptors (Lipinski definition) is 0. The summed E-state index contributed by atoms with van der Waals surface area (Å²) in [6.07, 6.45) is 8.96. The fraction of sp³-hybridized carbons (Fsp3) is 1.00. The molecule has 0 aromatic carbocycles. The van der Waals surface area contributed by atoms with Crippen LogP contribution < -0.4 is 5.73 Å². The summed E-state index contributed by atoms with van der Waals surface area (Å²) in [5.74, 6) is 4.19. The smallest absolute Gasteiger partial charge is 0.1000 e. The minimum Gasteiger partial charge on any atom is -0.352 e. The molecule has 0 spiro atoms. The molecule has 13 heavy (non-hydrogen) atoms. The van der Waals surface area contributed by atoms with Crippen LogP contribution in [0.3, 0.4) is 0 Å². The van der Waals surface area contributed by atoms with Crippen LogP contribution in [0.5, 0.6) is 0 Å². The van der Waals surface area contributed by atoms with Crippen LogP contribution in [0.4, 0.5) is 0 Å². The van der Waals surface area contributed by atoms with Crippen molar-refractivity contribution in [3.05, 3.63) is 0 Å². The molecule has 0 aliphatic heterocycles. The Labute approximate surface area is 81.1 Å². The van der Waals surface area contributed by atoms with E-state index in [1.54, 1.807) is 6.42 Å². The molecule has 0 unspecified atom stereocenters. The predicted molar refractivity (Wildman–Crippen MR) is 53.0 cm³/mol. The quantitative estimate of drug-likeness (QED) is 0.637. The molecule has 4 rings (SSSR count). The molecule has 0 aromatic rings. The summed E-state index contributed by atoms with van der Waals surface area (Å²) in [6, 6.07) is 0. The Bertz CT molecular complexity index is 193. The molecule has 4 bridgehead atoms. The molecule has 1 nitrogen and oxygen atoms in total. The van der Waals surface area contributed by atoms with Crippen molar-refractivity contribution in [3.63, 3.8) is 0 Å². The first-order valence-corrected chi connectivity index (χ1v) is 6.07. The van der Waals surface area contributed by atoms with Crippen molar-refractivity contribution < 1.29 is 5.73 Å². The summed E-state index contributed by atoms with van der Waals surface area (Å²) >= 11 is 0. The molecule has 4 aliphatic carbocycles. The van der Waals surface area contributed by atoms with Crippen molar-refractivity contribution in [2.45, 2.75) is 51.0 Å². The van der Waals surface area contributed by atoms with E-state index < -0.39 is 0 Å². The molecule has 0 atom stereocenters. The number of quaternary nitrogens is 1. The highest BCUT2D eigenvalue weighted by molar-refractivity contribution is 5.05. The van der Waals surface area contributed by atoms with E-state index in [4.69, 9.17) is 0 Å². The lowest BCUT2D eigenvalue weighted by molar-refractivity contribution is -0.525. The van der Waals surface area contributed by atoms with Crippen molar-refractivity contribution >= 4 is 0 Å². The van der Waals surface area contributed by atoms with Crippen LogP contribution in [0.2, 0.25) is 0 Å². The van der Waals surface area contributed by atoms with Crippen molar-refractivity contribution in [1.82, 2.24) is 0 Å². The van der Waals surface area contributed by atoms with Crippen LogP contribution in [0.25, 0.3) is 0 Å². The molecule has 4 aliphatic rings. The second-order valence-corrected chi connectivity index (χ2v) is 5.89. The lowest BCUT2D eigenvalue weighted by Gasteiger charge is -2.57. The Kier molecular flexibility index (Phi) is 1.59. The van der Waals surface area contributed by atoms with E-state index >= 15 is 0 Å². The lowest BCUT2D eigenvalue weighted by atomic mass is 9.48. The summed E-state index contributed by atoms with van der Waals surface area (Å²) in [5.41, 5.74) is 5.08.